The number of benzene rings is 1. The fourth-order valence-corrected chi connectivity index (χ4v) is 1.17. The lowest BCUT2D eigenvalue weighted by molar-refractivity contribution is 0.436. The summed E-state index contributed by atoms with van der Waals surface area (Å²) in [6, 6.07) is 5.90. The summed E-state index contributed by atoms with van der Waals surface area (Å²) in [5.74, 6) is -0.855. The highest BCUT2D eigenvalue weighted by Gasteiger charge is 2.06. The van der Waals surface area contributed by atoms with E-state index in [0.29, 0.717) is 5.75 Å². The maximum Gasteiger partial charge on any atom is 0.165 e. The van der Waals surface area contributed by atoms with Crippen LogP contribution in [0, 0.1) is 11.6 Å². The van der Waals surface area contributed by atoms with Crippen molar-refractivity contribution in [3.05, 3.63) is 48.2 Å². The minimum atomic E-state index is -0.642. The molecule has 0 unspecified atom stereocenters. The molecule has 0 atom stereocenters. The van der Waals surface area contributed by atoms with E-state index in [1.54, 1.807) is 0 Å². The highest BCUT2D eigenvalue weighted by atomic mass is 19.1. The predicted octanol–water partition coefficient (Wildman–Crippen LogP) is 2.73. The zero-order chi connectivity index (χ0) is 11.5. The van der Waals surface area contributed by atoms with Gasteiger partial charge in [0.25, 0.3) is 0 Å². The summed E-state index contributed by atoms with van der Waals surface area (Å²) < 4.78 is 31.2. The molecule has 2 aromatic rings. The first-order valence-corrected chi connectivity index (χ1v) is 4.49. The summed E-state index contributed by atoms with van der Waals surface area (Å²) >= 11 is 0. The van der Waals surface area contributed by atoms with Crippen LogP contribution in [0.3, 0.4) is 0 Å². The number of nitrogen functional groups attached to an aromatic ring is 1. The molecule has 0 spiro atoms. The van der Waals surface area contributed by atoms with Crippen LogP contribution in [0.4, 0.5) is 14.6 Å². The number of halogens is 2. The summed E-state index contributed by atoms with van der Waals surface area (Å²) in [7, 11) is 0. The smallest absolute Gasteiger partial charge is 0.165 e. The van der Waals surface area contributed by atoms with Crippen LogP contribution >= 0.6 is 0 Å². The van der Waals surface area contributed by atoms with Gasteiger partial charge in [-0.3, -0.25) is 0 Å². The lowest BCUT2D eigenvalue weighted by Crippen LogP contribution is -1.93. The number of ether oxygens (including phenoxy) is 1. The summed E-state index contributed by atoms with van der Waals surface area (Å²) in [6.07, 6.45) is 1.42. The third-order valence-electron chi connectivity index (χ3n) is 1.87. The summed E-state index contributed by atoms with van der Waals surface area (Å²) in [5, 5.41) is 0. The molecule has 0 aliphatic heterocycles. The Morgan fingerprint density at radius 3 is 2.69 bits per heavy atom. The zero-order valence-electron chi connectivity index (χ0n) is 8.15. The molecule has 0 saturated carbocycles. The first-order valence-electron chi connectivity index (χ1n) is 4.49. The van der Waals surface area contributed by atoms with Gasteiger partial charge in [-0.05, 0) is 18.2 Å². The van der Waals surface area contributed by atoms with Gasteiger partial charge in [-0.25, -0.2) is 13.8 Å². The molecule has 1 heterocycles. The number of anilines is 1. The molecular formula is C11H8F2N2O. The molecule has 82 valence electrons. The number of pyridine rings is 1. The molecule has 5 heteroatoms. The first-order chi connectivity index (χ1) is 7.65. The predicted molar refractivity (Wildman–Crippen MR) is 55.1 cm³/mol. The Balaban J connectivity index is 2.30. The molecule has 1 aromatic heterocycles. The molecule has 0 radical (unpaired) electrons. The second-order valence-corrected chi connectivity index (χ2v) is 3.09. The van der Waals surface area contributed by atoms with Gasteiger partial charge in [0.2, 0.25) is 0 Å². The highest BCUT2D eigenvalue weighted by molar-refractivity contribution is 5.39. The number of nitrogens with two attached hydrogens (primary N) is 1. The molecule has 0 aliphatic rings. The SMILES string of the molecule is Nc1cc(Oc2cc(F)ccc2F)ccn1. The van der Waals surface area contributed by atoms with Gasteiger partial charge >= 0.3 is 0 Å². The fourth-order valence-electron chi connectivity index (χ4n) is 1.17. The Morgan fingerprint density at radius 2 is 1.94 bits per heavy atom. The van der Waals surface area contributed by atoms with Crippen LogP contribution < -0.4 is 10.5 Å². The molecule has 0 fully saturated rings. The molecule has 3 nitrogen and oxygen atoms in total. The minimum absolute atomic E-state index is 0.189. The van der Waals surface area contributed by atoms with Crippen molar-refractivity contribution in [2.45, 2.75) is 0 Å². The molecule has 2 rings (SSSR count). The van der Waals surface area contributed by atoms with Gasteiger partial charge in [0.1, 0.15) is 17.4 Å². The van der Waals surface area contributed by atoms with E-state index in [0.717, 1.165) is 18.2 Å². The van der Waals surface area contributed by atoms with Gasteiger partial charge in [0.05, 0.1) is 0 Å². The normalized spacial score (nSPS) is 10.1. The fraction of sp³-hybridized carbons (Fsp3) is 0. The van der Waals surface area contributed by atoms with Crippen LogP contribution in [-0.4, -0.2) is 4.98 Å². The van der Waals surface area contributed by atoms with Crippen molar-refractivity contribution in [1.29, 1.82) is 0 Å². The second kappa shape index (κ2) is 4.14. The summed E-state index contributed by atoms with van der Waals surface area (Å²) in [6.45, 7) is 0. The van der Waals surface area contributed by atoms with Crippen molar-refractivity contribution in [2.24, 2.45) is 0 Å². The molecular weight excluding hydrogens is 214 g/mol. The van der Waals surface area contributed by atoms with Crippen LogP contribution in [0.25, 0.3) is 0 Å². The Kier molecular flexibility index (Phi) is 2.68. The maximum atomic E-state index is 13.2. The van der Waals surface area contributed by atoms with Crippen LogP contribution in [0.5, 0.6) is 11.5 Å². The first kappa shape index (κ1) is 10.4. The highest BCUT2D eigenvalue weighted by Crippen LogP contribution is 2.25. The van der Waals surface area contributed by atoms with Gasteiger partial charge < -0.3 is 10.5 Å². The van der Waals surface area contributed by atoms with Gasteiger partial charge in [-0.15, -0.1) is 0 Å². The van der Waals surface area contributed by atoms with E-state index in [1.807, 2.05) is 0 Å². The number of hydrogen-bond donors (Lipinski definition) is 1. The Bertz CT molecular complexity index is 517. The van der Waals surface area contributed by atoms with Crippen molar-refractivity contribution >= 4 is 5.82 Å². The molecule has 2 N–H and O–H groups in total. The van der Waals surface area contributed by atoms with Crippen molar-refractivity contribution in [2.75, 3.05) is 5.73 Å². The molecule has 0 saturated heterocycles. The third kappa shape index (κ3) is 2.25. The van der Waals surface area contributed by atoms with Gasteiger partial charge in [0, 0.05) is 18.3 Å². The average molecular weight is 222 g/mol. The van der Waals surface area contributed by atoms with E-state index in [-0.39, 0.29) is 11.6 Å². The standard InChI is InChI=1S/C11H8F2N2O/c12-7-1-2-9(13)10(5-7)16-8-3-4-15-11(14)6-8/h1-6H,(H2,14,15). The molecule has 0 aliphatic carbocycles. The van der Waals surface area contributed by atoms with Crippen LogP contribution in [-0.2, 0) is 0 Å². The Labute approximate surface area is 90.5 Å². The molecule has 1 aromatic carbocycles. The molecule has 0 amide bonds. The van der Waals surface area contributed by atoms with Crippen molar-refractivity contribution in [3.63, 3.8) is 0 Å². The van der Waals surface area contributed by atoms with Crippen LogP contribution in [0.2, 0.25) is 0 Å². The van der Waals surface area contributed by atoms with Crippen molar-refractivity contribution in [1.82, 2.24) is 4.98 Å². The number of aromatic nitrogens is 1. The van der Waals surface area contributed by atoms with Gasteiger partial charge in [0.15, 0.2) is 11.6 Å². The average Bonchev–Trinajstić information content (AvgIpc) is 2.24. The van der Waals surface area contributed by atoms with E-state index in [4.69, 9.17) is 10.5 Å². The number of nitrogens with zero attached hydrogens (tertiary/aromatic N) is 1. The van der Waals surface area contributed by atoms with E-state index in [2.05, 4.69) is 4.98 Å². The van der Waals surface area contributed by atoms with E-state index < -0.39 is 11.6 Å². The Morgan fingerprint density at radius 1 is 1.12 bits per heavy atom. The maximum absolute atomic E-state index is 13.2. The van der Waals surface area contributed by atoms with Crippen LogP contribution in [0.1, 0.15) is 0 Å². The van der Waals surface area contributed by atoms with Crippen molar-refractivity contribution in [3.8, 4) is 11.5 Å². The largest absolute Gasteiger partial charge is 0.454 e. The van der Waals surface area contributed by atoms with E-state index >= 15 is 0 Å². The number of hydrogen-bond acceptors (Lipinski definition) is 3. The molecule has 0 bridgehead atoms. The van der Waals surface area contributed by atoms with Crippen LogP contribution in [0.15, 0.2) is 36.5 Å². The summed E-state index contributed by atoms with van der Waals surface area (Å²) in [5.41, 5.74) is 5.42. The summed E-state index contributed by atoms with van der Waals surface area (Å²) in [4.78, 5) is 3.75. The second-order valence-electron chi connectivity index (χ2n) is 3.09. The van der Waals surface area contributed by atoms with E-state index in [9.17, 15) is 8.78 Å². The van der Waals surface area contributed by atoms with E-state index in [1.165, 1.54) is 18.3 Å². The lowest BCUT2D eigenvalue weighted by Gasteiger charge is -2.06. The zero-order valence-corrected chi connectivity index (χ0v) is 8.15. The number of rotatable bonds is 2. The topological polar surface area (TPSA) is 48.1 Å². The van der Waals surface area contributed by atoms with Crippen molar-refractivity contribution < 1.29 is 13.5 Å². The quantitative estimate of drug-likeness (QED) is 0.849. The molecule has 16 heavy (non-hydrogen) atoms. The Hall–Kier alpha value is -2.17. The third-order valence-corrected chi connectivity index (χ3v) is 1.87. The monoisotopic (exact) mass is 222 g/mol. The minimum Gasteiger partial charge on any atom is -0.454 e. The van der Waals surface area contributed by atoms with Gasteiger partial charge in [-0.1, -0.05) is 0 Å². The lowest BCUT2D eigenvalue weighted by atomic mass is 10.3. The van der Waals surface area contributed by atoms with Gasteiger partial charge in [-0.2, -0.15) is 0 Å².